The molecule has 0 fully saturated rings. The Balaban J connectivity index is 2.59. The minimum atomic E-state index is -0.00751. The monoisotopic (exact) mass is 279 g/mol. The first kappa shape index (κ1) is 9.07. The van der Waals surface area contributed by atoms with E-state index < -0.39 is 0 Å². The molecule has 0 aliphatic carbocycles. The fraction of sp³-hybridized carbons (Fsp3) is 0.111. The normalized spacial score (nSPS) is 11.6. The molecule has 1 aromatic rings. The predicted octanol–water partition coefficient (Wildman–Crippen LogP) is 0.0453. The Hall–Kier alpha value is -0.0200. The van der Waals surface area contributed by atoms with Crippen LogP contribution < -0.4 is 21.2 Å². The maximum absolute atomic E-state index is 5.72. The zero-order valence-corrected chi connectivity index (χ0v) is 9.13. The molecule has 0 aliphatic rings. The first-order valence-electron chi connectivity index (χ1n) is 3.30. The fourth-order valence-corrected chi connectivity index (χ4v) is 2.52. The third kappa shape index (κ3) is 3.77. The summed E-state index contributed by atoms with van der Waals surface area (Å²) < 4.78 is 3.53. The van der Waals surface area contributed by atoms with Crippen LogP contribution in [0.4, 0.5) is 0 Å². The molecule has 0 unspecified atom stereocenters. The molecule has 0 nitrogen and oxygen atoms in total. The van der Waals surface area contributed by atoms with Crippen LogP contribution in [0.25, 0.3) is 0 Å². The lowest BCUT2D eigenvalue weighted by molar-refractivity contribution is -0.557. The Kier molecular flexibility index (Phi) is 3.94. The first-order chi connectivity index (χ1) is 5.29. The molecule has 0 saturated heterocycles. The zero-order valence-electron chi connectivity index (χ0n) is 6.22. The SMILES string of the molecule is C/C(Cl)=C/[I+]c1ccccc1. The molecule has 0 saturated carbocycles. The van der Waals surface area contributed by atoms with Crippen LogP contribution in [0.1, 0.15) is 6.92 Å². The molecule has 58 valence electrons. The second kappa shape index (κ2) is 4.78. The number of hydrogen-bond acceptors (Lipinski definition) is 0. The van der Waals surface area contributed by atoms with Gasteiger partial charge in [-0.1, -0.05) is 29.8 Å². The lowest BCUT2D eigenvalue weighted by Gasteiger charge is -1.79. The summed E-state index contributed by atoms with van der Waals surface area (Å²) in [7, 11) is 0. The Bertz CT molecular complexity index is 237. The smallest absolute Gasteiger partial charge is 0.0852 e. The summed E-state index contributed by atoms with van der Waals surface area (Å²) in [5, 5.41) is 0.904. The zero-order chi connectivity index (χ0) is 8.10. The third-order valence-corrected chi connectivity index (χ3v) is 4.23. The Morgan fingerprint density at radius 1 is 1.36 bits per heavy atom. The van der Waals surface area contributed by atoms with E-state index in [1.807, 2.05) is 13.0 Å². The number of benzene rings is 1. The van der Waals surface area contributed by atoms with E-state index in [0.29, 0.717) is 0 Å². The second-order valence-electron chi connectivity index (χ2n) is 2.10. The van der Waals surface area contributed by atoms with Crippen molar-refractivity contribution < 1.29 is 21.2 Å². The second-order valence-corrected chi connectivity index (χ2v) is 5.19. The van der Waals surface area contributed by atoms with Crippen molar-refractivity contribution in [1.29, 1.82) is 0 Å². The maximum atomic E-state index is 5.72. The van der Waals surface area contributed by atoms with Crippen molar-refractivity contribution in [2.45, 2.75) is 6.92 Å². The summed E-state index contributed by atoms with van der Waals surface area (Å²) in [5.74, 6) is 0. The highest BCUT2D eigenvalue weighted by molar-refractivity contribution is 6.29. The van der Waals surface area contributed by atoms with Gasteiger partial charge in [0.2, 0.25) is 0 Å². The molecular weight excluding hydrogens is 270 g/mol. The molecule has 0 radical (unpaired) electrons. The van der Waals surface area contributed by atoms with Crippen molar-refractivity contribution in [2.24, 2.45) is 0 Å². The van der Waals surface area contributed by atoms with Crippen LogP contribution in [0.2, 0.25) is 0 Å². The van der Waals surface area contributed by atoms with Crippen molar-refractivity contribution in [2.75, 3.05) is 0 Å². The average molecular weight is 280 g/mol. The van der Waals surface area contributed by atoms with Crippen molar-refractivity contribution in [3.63, 3.8) is 0 Å². The lowest BCUT2D eigenvalue weighted by atomic mass is 10.4. The van der Waals surface area contributed by atoms with Gasteiger partial charge >= 0.3 is 21.2 Å². The van der Waals surface area contributed by atoms with Crippen molar-refractivity contribution in [3.05, 3.63) is 43.0 Å². The minimum absolute atomic E-state index is 0.00751. The number of rotatable bonds is 2. The van der Waals surface area contributed by atoms with Gasteiger partial charge in [-0.05, 0) is 19.1 Å². The first-order valence-corrected chi connectivity index (χ1v) is 6.00. The van der Waals surface area contributed by atoms with Gasteiger partial charge in [-0.2, -0.15) is 0 Å². The molecule has 0 aromatic heterocycles. The molecule has 11 heavy (non-hydrogen) atoms. The molecule has 0 aliphatic heterocycles. The summed E-state index contributed by atoms with van der Waals surface area (Å²) >= 11 is 5.71. The molecule has 0 heterocycles. The summed E-state index contributed by atoms with van der Waals surface area (Å²) in [5.41, 5.74) is 0. The van der Waals surface area contributed by atoms with E-state index >= 15 is 0 Å². The molecule has 0 bridgehead atoms. The number of hydrogen-bond donors (Lipinski definition) is 0. The fourth-order valence-electron chi connectivity index (χ4n) is 0.626. The Morgan fingerprint density at radius 3 is 2.55 bits per heavy atom. The molecule has 1 aromatic carbocycles. The van der Waals surface area contributed by atoms with Crippen molar-refractivity contribution in [3.8, 4) is 0 Å². The standard InChI is InChI=1S/C9H9ClI/c1-8(10)7-11-9-5-3-2-4-6-9/h2-7H,1H3/q+1/b8-7-. The highest BCUT2D eigenvalue weighted by Gasteiger charge is 2.05. The summed E-state index contributed by atoms with van der Waals surface area (Å²) in [4.78, 5) is 0. The number of allylic oxidation sites excluding steroid dienone is 1. The van der Waals surface area contributed by atoms with Crippen molar-refractivity contribution in [1.82, 2.24) is 0 Å². The van der Waals surface area contributed by atoms with Gasteiger partial charge in [0, 0.05) is 0 Å². The molecule has 0 atom stereocenters. The molecular formula is C9H9ClI+. The molecule has 0 amide bonds. The summed E-state index contributed by atoms with van der Waals surface area (Å²) in [6.07, 6.45) is 0. The van der Waals surface area contributed by atoms with E-state index in [1.165, 1.54) is 3.57 Å². The van der Waals surface area contributed by atoms with Gasteiger partial charge in [0.25, 0.3) is 0 Å². The van der Waals surface area contributed by atoms with Crippen LogP contribution in [0.15, 0.2) is 39.4 Å². The van der Waals surface area contributed by atoms with E-state index in [-0.39, 0.29) is 21.2 Å². The molecule has 0 N–H and O–H groups in total. The molecule has 2 heteroatoms. The lowest BCUT2D eigenvalue weighted by Crippen LogP contribution is -3.59. The largest absolute Gasteiger partial charge is 0.350 e. The molecule has 1 rings (SSSR count). The van der Waals surface area contributed by atoms with Crippen LogP contribution in [0.3, 0.4) is 0 Å². The van der Waals surface area contributed by atoms with E-state index in [2.05, 4.69) is 28.3 Å². The Labute approximate surface area is 82.5 Å². The van der Waals surface area contributed by atoms with Crippen LogP contribution in [0.5, 0.6) is 0 Å². The topological polar surface area (TPSA) is 0 Å². The van der Waals surface area contributed by atoms with Crippen LogP contribution in [-0.2, 0) is 0 Å². The van der Waals surface area contributed by atoms with E-state index in [0.717, 1.165) is 5.03 Å². The number of halogens is 2. The van der Waals surface area contributed by atoms with Gasteiger partial charge in [-0.25, -0.2) is 0 Å². The average Bonchev–Trinajstić information content (AvgIpc) is 2.03. The van der Waals surface area contributed by atoms with Crippen LogP contribution in [0, 0.1) is 3.57 Å². The predicted molar refractivity (Wildman–Crippen MR) is 44.7 cm³/mol. The van der Waals surface area contributed by atoms with E-state index in [9.17, 15) is 0 Å². The van der Waals surface area contributed by atoms with Gasteiger partial charge in [0.05, 0.1) is 5.03 Å². The van der Waals surface area contributed by atoms with Crippen molar-refractivity contribution >= 4 is 11.6 Å². The Morgan fingerprint density at radius 2 is 2.00 bits per heavy atom. The van der Waals surface area contributed by atoms with Crippen LogP contribution >= 0.6 is 11.6 Å². The van der Waals surface area contributed by atoms with Gasteiger partial charge in [-0.15, -0.1) is 0 Å². The minimum Gasteiger partial charge on any atom is -0.0852 e. The van der Waals surface area contributed by atoms with Gasteiger partial charge in [0.1, 0.15) is 0 Å². The molecule has 0 spiro atoms. The highest BCUT2D eigenvalue weighted by Crippen LogP contribution is 1.90. The van der Waals surface area contributed by atoms with Gasteiger partial charge in [-0.3, -0.25) is 0 Å². The quantitative estimate of drug-likeness (QED) is 0.671. The maximum Gasteiger partial charge on any atom is 0.350 e. The van der Waals surface area contributed by atoms with Gasteiger partial charge in [0.15, 0.2) is 7.65 Å². The van der Waals surface area contributed by atoms with Crippen LogP contribution in [-0.4, -0.2) is 0 Å². The van der Waals surface area contributed by atoms with Gasteiger partial charge < -0.3 is 0 Å². The van der Waals surface area contributed by atoms with E-state index in [4.69, 9.17) is 11.6 Å². The summed E-state index contributed by atoms with van der Waals surface area (Å²) in [6, 6.07) is 10.4. The third-order valence-electron chi connectivity index (χ3n) is 1.06. The summed E-state index contributed by atoms with van der Waals surface area (Å²) in [6.45, 7) is 1.92. The van der Waals surface area contributed by atoms with E-state index in [1.54, 1.807) is 0 Å². The highest BCUT2D eigenvalue weighted by atomic mass is 127.